The van der Waals surface area contributed by atoms with Crippen molar-refractivity contribution in [3.8, 4) is 0 Å². The van der Waals surface area contributed by atoms with Crippen LogP contribution in [0.15, 0.2) is 0 Å². The highest BCUT2D eigenvalue weighted by Crippen LogP contribution is 2.18. The molecule has 0 saturated carbocycles. The van der Waals surface area contributed by atoms with Crippen LogP contribution in [0.5, 0.6) is 0 Å². The van der Waals surface area contributed by atoms with Crippen molar-refractivity contribution < 1.29 is 13.5 Å². The lowest BCUT2D eigenvalue weighted by molar-refractivity contribution is 0.110. The van der Waals surface area contributed by atoms with Crippen molar-refractivity contribution >= 4 is 9.84 Å². The summed E-state index contributed by atoms with van der Waals surface area (Å²) < 4.78 is 22.9. The van der Waals surface area contributed by atoms with Crippen molar-refractivity contribution in [2.75, 3.05) is 31.7 Å². The van der Waals surface area contributed by atoms with E-state index in [0.717, 1.165) is 0 Å². The van der Waals surface area contributed by atoms with Gasteiger partial charge in [0.2, 0.25) is 0 Å². The van der Waals surface area contributed by atoms with Gasteiger partial charge in [0.15, 0.2) is 9.84 Å². The smallest absolute Gasteiger partial charge is 0.151 e. The van der Waals surface area contributed by atoms with Crippen LogP contribution in [0.2, 0.25) is 0 Å². The zero-order chi connectivity index (χ0) is 14.0. The van der Waals surface area contributed by atoms with Gasteiger partial charge in [0.1, 0.15) is 0 Å². The van der Waals surface area contributed by atoms with Gasteiger partial charge in [-0.25, -0.2) is 8.42 Å². The largest absolute Gasteiger partial charge is 0.394 e. The average molecular weight is 278 g/mol. The molecule has 1 rings (SSSR count). The molecule has 2 N–H and O–H groups in total. The molecule has 1 aliphatic heterocycles. The van der Waals surface area contributed by atoms with Gasteiger partial charge in [-0.15, -0.1) is 0 Å². The van der Waals surface area contributed by atoms with E-state index in [9.17, 15) is 13.5 Å². The number of hydrogen-bond acceptors (Lipinski definition) is 5. The summed E-state index contributed by atoms with van der Waals surface area (Å²) in [5, 5.41) is 12.9. The summed E-state index contributed by atoms with van der Waals surface area (Å²) in [6, 6.07) is 0.359. The normalized spacial score (nSPS) is 26.7. The minimum absolute atomic E-state index is 0.0367. The predicted octanol–water partition coefficient (Wildman–Crippen LogP) is -0.146. The third kappa shape index (κ3) is 4.50. The van der Waals surface area contributed by atoms with Crippen LogP contribution in [0.1, 0.15) is 27.2 Å². The molecule has 0 aromatic rings. The molecule has 0 amide bonds. The van der Waals surface area contributed by atoms with Crippen LogP contribution in [0.25, 0.3) is 0 Å². The van der Waals surface area contributed by atoms with Crippen LogP contribution >= 0.6 is 0 Å². The Morgan fingerprint density at radius 3 is 2.50 bits per heavy atom. The Kier molecular flexibility index (Phi) is 5.17. The molecule has 2 atom stereocenters. The molecule has 18 heavy (non-hydrogen) atoms. The van der Waals surface area contributed by atoms with E-state index in [0.29, 0.717) is 13.0 Å². The van der Waals surface area contributed by atoms with Crippen molar-refractivity contribution in [3.63, 3.8) is 0 Å². The first-order chi connectivity index (χ1) is 8.17. The highest BCUT2D eigenvalue weighted by Gasteiger charge is 2.34. The Bertz CT molecular complexity index is 370. The number of nitrogens with zero attached hydrogens (tertiary/aromatic N) is 1. The van der Waals surface area contributed by atoms with Gasteiger partial charge in [-0.2, -0.15) is 0 Å². The van der Waals surface area contributed by atoms with Crippen molar-refractivity contribution in [1.82, 2.24) is 10.2 Å². The summed E-state index contributed by atoms with van der Waals surface area (Å²) >= 11 is 0. The monoisotopic (exact) mass is 278 g/mol. The zero-order valence-electron chi connectivity index (χ0n) is 11.8. The molecular weight excluding hydrogens is 252 g/mol. The van der Waals surface area contributed by atoms with E-state index < -0.39 is 15.4 Å². The van der Waals surface area contributed by atoms with Crippen LogP contribution < -0.4 is 5.32 Å². The number of rotatable bonds is 6. The van der Waals surface area contributed by atoms with E-state index in [1.807, 2.05) is 27.8 Å². The Morgan fingerprint density at radius 2 is 2.11 bits per heavy atom. The van der Waals surface area contributed by atoms with Crippen molar-refractivity contribution in [2.45, 2.75) is 44.8 Å². The van der Waals surface area contributed by atoms with E-state index in [1.165, 1.54) is 0 Å². The lowest BCUT2D eigenvalue weighted by Gasteiger charge is -2.37. The molecule has 108 valence electrons. The molecule has 1 heterocycles. The zero-order valence-corrected chi connectivity index (χ0v) is 12.6. The highest BCUT2D eigenvalue weighted by molar-refractivity contribution is 7.91. The molecule has 0 spiro atoms. The maximum absolute atomic E-state index is 11.5. The fourth-order valence-electron chi connectivity index (χ4n) is 2.64. The fraction of sp³-hybridized carbons (Fsp3) is 1.00. The lowest BCUT2D eigenvalue weighted by Crippen LogP contribution is -2.57. The van der Waals surface area contributed by atoms with Crippen molar-refractivity contribution in [1.29, 1.82) is 0 Å². The summed E-state index contributed by atoms with van der Waals surface area (Å²) in [7, 11) is -0.918. The van der Waals surface area contributed by atoms with Gasteiger partial charge >= 0.3 is 0 Å². The summed E-state index contributed by atoms with van der Waals surface area (Å²) in [6.07, 6.45) is 0.696. The predicted molar refractivity (Wildman–Crippen MR) is 73.5 cm³/mol. The molecular formula is C12H26N2O3S. The Morgan fingerprint density at radius 1 is 1.50 bits per heavy atom. The number of likely N-dealkylation sites (N-methyl/N-ethyl adjacent to an activating group) is 1. The third-order valence-corrected chi connectivity index (χ3v) is 5.17. The number of sulfone groups is 1. The Hall–Kier alpha value is -0.170. The lowest BCUT2D eigenvalue weighted by atomic mass is 10.0. The number of aliphatic hydroxyl groups is 1. The molecule has 1 aliphatic rings. The quantitative estimate of drug-likeness (QED) is 0.707. The Labute approximate surface area is 110 Å². The number of nitrogens with one attached hydrogen (secondary N) is 1. The van der Waals surface area contributed by atoms with Gasteiger partial charge in [-0.3, -0.25) is 0 Å². The van der Waals surface area contributed by atoms with E-state index in [2.05, 4.69) is 10.2 Å². The summed E-state index contributed by atoms with van der Waals surface area (Å²) in [6.45, 7) is 6.71. The number of hydrogen-bond donors (Lipinski definition) is 2. The summed E-state index contributed by atoms with van der Waals surface area (Å²) in [4.78, 5) is 2.05. The molecule has 0 radical (unpaired) electrons. The average Bonchev–Trinajstić information content (AvgIpc) is 2.57. The van der Waals surface area contributed by atoms with E-state index >= 15 is 0 Å². The molecule has 0 aromatic carbocycles. The summed E-state index contributed by atoms with van der Waals surface area (Å²) in [5.41, 5.74) is -0.394. The van der Waals surface area contributed by atoms with Crippen LogP contribution in [0.3, 0.4) is 0 Å². The second-order valence-electron chi connectivity index (χ2n) is 5.99. The minimum atomic E-state index is -2.85. The molecule has 0 bridgehead atoms. The fourth-order valence-corrected chi connectivity index (χ4v) is 4.45. The van der Waals surface area contributed by atoms with Crippen LogP contribution in [-0.2, 0) is 9.84 Å². The van der Waals surface area contributed by atoms with E-state index in [1.54, 1.807) is 0 Å². The SMILES string of the molecule is CC(C)NC(C)(CO)CN(C)C1CCS(=O)(=O)C1. The van der Waals surface area contributed by atoms with Gasteiger partial charge < -0.3 is 15.3 Å². The molecule has 1 saturated heterocycles. The van der Waals surface area contributed by atoms with Gasteiger partial charge in [0, 0.05) is 18.6 Å². The summed E-state index contributed by atoms with van der Waals surface area (Å²) in [5.74, 6) is 0.530. The maximum Gasteiger partial charge on any atom is 0.151 e. The molecule has 0 aliphatic carbocycles. The molecule has 1 fully saturated rings. The second kappa shape index (κ2) is 5.86. The topological polar surface area (TPSA) is 69.6 Å². The molecule has 6 heteroatoms. The molecule has 2 unspecified atom stereocenters. The maximum atomic E-state index is 11.5. The second-order valence-corrected chi connectivity index (χ2v) is 8.22. The highest BCUT2D eigenvalue weighted by atomic mass is 32.2. The van der Waals surface area contributed by atoms with Gasteiger partial charge in [-0.05, 0) is 20.4 Å². The first-order valence-electron chi connectivity index (χ1n) is 6.47. The van der Waals surface area contributed by atoms with E-state index in [-0.39, 0.29) is 30.2 Å². The Balaban J connectivity index is 2.60. The van der Waals surface area contributed by atoms with Crippen LogP contribution in [0.4, 0.5) is 0 Å². The first-order valence-corrected chi connectivity index (χ1v) is 8.29. The van der Waals surface area contributed by atoms with Gasteiger partial charge in [-0.1, -0.05) is 13.8 Å². The van der Waals surface area contributed by atoms with Gasteiger partial charge in [0.25, 0.3) is 0 Å². The number of aliphatic hydroxyl groups excluding tert-OH is 1. The van der Waals surface area contributed by atoms with Crippen molar-refractivity contribution in [2.24, 2.45) is 0 Å². The molecule has 0 aromatic heterocycles. The first kappa shape index (κ1) is 15.9. The standard InChI is InChI=1S/C12H26N2O3S/c1-10(2)13-12(3,9-15)8-14(4)11-5-6-18(16,17)7-11/h10-11,13,15H,5-9H2,1-4H3. The third-order valence-electron chi connectivity index (χ3n) is 3.42. The van der Waals surface area contributed by atoms with E-state index in [4.69, 9.17) is 0 Å². The minimum Gasteiger partial charge on any atom is -0.394 e. The van der Waals surface area contributed by atoms with Crippen LogP contribution in [-0.4, -0.2) is 67.8 Å². The van der Waals surface area contributed by atoms with Crippen LogP contribution in [0, 0.1) is 0 Å². The van der Waals surface area contributed by atoms with Crippen molar-refractivity contribution in [3.05, 3.63) is 0 Å². The van der Waals surface area contributed by atoms with Gasteiger partial charge in [0.05, 0.1) is 23.7 Å². The molecule has 5 nitrogen and oxygen atoms in total.